The van der Waals surface area contributed by atoms with Crippen LogP contribution in [0.15, 0.2) is 85.2 Å². The molecule has 4 saturated heterocycles. The number of carbonyl (C=O) groups excluding carboxylic acids is 2. The molecular weight excluding hydrogens is 1060 g/mol. The highest BCUT2D eigenvalue weighted by atomic mass is 32.2. The number of likely N-dealkylation sites (tertiary alicyclic amines) is 1. The number of carbonyl (C=O) groups is 2. The number of sulfonamides is 2. The number of piperidine rings is 2. The molecule has 0 radical (unpaired) electrons. The van der Waals surface area contributed by atoms with Crippen LogP contribution in [0.25, 0.3) is 0 Å². The number of nitrogens with one attached hydrogen (secondary N) is 3. The van der Waals surface area contributed by atoms with Gasteiger partial charge in [0.1, 0.15) is 5.75 Å². The molecule has 3 N–H and O–H groups in total. The molecule has 24 heteroatoms. The smallest absolute Gasteiger partial charge is 0.409 e. The molecule has 6 aliphatic rings. The number of non-ortho nitro benzene ring substituents is 1. The normalized spacial score (nSPS) is 18.1. The molecule has 2 saturated carbocycles. The van der Waals surface area contributed by atoms with Crippen molar-refractivity contribution in [1.82, 2.24) is 39.6 Å². The van der Waals surface area contributed by atoms with Crippen LogP contribution in [0, 0.1) is 24.0 Å². The van der Waals surface area contributed by atoms with Gasteiger partial charge in [-0.05, 0) is 151 Å². The fourth-order valence-electron chi connectivity index (χ4n) is 11.2. The van der Waals surface area contributed by atoms with E-state index >= 15 is 0 Å². The molecule has 0 spiro atoms. The fourth-order valence-corrected chi connectivity index (χ4v) is 12.2. The van der Waals surface area contributed by atoms with E-state index in [0.717, 1.165) is 68.3 Å². The third-order valence-electron chi connectivity index (χ3n) is 15.5. The Balaban J connectivity index is 0.000000151. The first-order chi connectivity index (χ1) is 38.3. The van der Waals surface area contributed by atoms with E-state index in [-0.39, 0.29) is 29.1 Å². The van der Waals surface area contributed by atoms with Gasteiger partial charge in [0.2, 0.25) is 20.0 Å². The molecule has 22 nitrogen and oxygen atoms in total. The highest BCUT2D eigenvalue weighted by molar-refractivity contribution is 7.92. The second-order valence-corrected chi connectivity index (χ2v) is 25.6. The summed E-state index contributed by atoms with van der Waals surface area (Å²) >= 11 is 0. The van der Waals surface area contributed by atoms with Gasteiger partial charge >= 0.3 is 12.1 Å². The van der Waals surface area contributed by atoms with E-state index in [2.05, 4.69) is 94.8 Å². The van der Waals surface area contributed by atoms with Crippen LogP contribution in [0.2, 0.25) is 0 Å². The zero-order valence-electron chi connectivity index (χ0n) is 46.4. The summed E-state index contributed by atoms with van der Waals surface area (Å²) in [4.78, 5) is 47.2. The van der Waals surface area contributed by atoms with E-state index in [0.29, 0.717) is 25.2 Å². The van der Waals surface area contributed by atoms with Crippen LogP contribution >= 0.6 is 0 Å². The molecule has 80 heavy (non-hydrogen) atoms. The lowest BCUT2D eigenvalue weighted by Crippen LogP contribution is -2.48. The Morgan fingerprint density at radius 2 is 1.06 bits per heavy atom. The number of nitro groups is 1. The minimum absolute atomic E-state index is 0.0388. The maximum Gasteiger partial charge on any atom is 0.440 e. The Hall–Kier alpha value is -6.60. The monoisotopic (exact) mass is 1140 g/mol. The maximum absolute atomic E-state index is 12.9. The average Bonchev–Trinajstić information content (AvgIpc) is 4.21. The zero-order valence-corrected chi connectivity index (χ0v) is 48.0. The molecule has 2 aromatic heterocycles. The Morgan fingerprint density at radius 1 is 0.625 bits per heavy atom. The summed E-state index contributed by atoms with van der Waals surface area (Å²) < 4.78 is 56.3. The van der Waals surface area contributed by atoms with Gasteiger partial charge in [-0.25, -0.2) is 26.4 Å². The molecule has 3 aromatic carbocycles. The van der Waals surface area contributed by atoms with Gasteiger partial charge in [-0.1, -0.05) is 24.3 Å². The summed E-state index contributed by atoms with van der Waals surface area (Å²) in [6.45, 7) is 15.1. The molecular formula is C56H77N13O9S2. The Labute approximate surface area is 470 Å². The van der Waals surface area contributed by atoms with E-state index < -0.39 is 31.1 Å². The highest BCUT2D eigenvalue weighted by Gasteiger charge is 2.38. The number of rotatable bonds is 16. The van der Waals surface area contributed by atoms with Crippen molar-refractivity contribution < 1.29 is 36.1 Å². The zero-order chi connectivity index (χ0) is 56.6. The molecule has 432 valence electrons. The van der Waals surface area contributed by atoms with E-state index in [9.17, 15) is 36.5 Å². The largest absolute Gasteiger partial charge is 0.440 e. The topological polar surface area (TPSA) is 243 Å². The lowest BCUT2D eigenvalue weighted by Gasteiger charge is -2.39. The van der Waals surface area contributed by atoms with Crippen LogP contribution < -0.4 is 29.3 Å². The number of hydrogen-bond acceptors (Lipinski definition) is 16. The van der Waals surface area contributed by atoms with E-state index in [1.807, 2.05) is 4.90 Å². The number of benzene rings is 3. The Bertz CT molecular complexity index is 3160. The maximum atomic E-state index is 12.9. The number of nitro benzene ring substituents is 1. The summed E-state index contributed by atoms with van der Waals surface area (Å²) in [5.74, 6) is 0.203. The number of anilines is 4. The van der Waals surface area contributed by atoms with Gasteiger partial charge in [-0.15, -0.1) is 10.2 Å². The van der Waals surface area contributed by atoms with Crippen LogP contribution in [-0.2, 0) is 33.1 Å². The Morgan fingerprint density at radius 3 is 1.51 bits per heavy atom. The van der Waals surface area contributed by atoms with E-state index in [4.69, 9.17) is 4.74 Å². The SMILES string of the molecule is CS(=O)(=O)Nc1ccn(C(=O)Oc2ccc([N+](=O)[O-])cc2)n1.Cc1ccc(CN(C2CC2)C2CCN(C(=O)n3ccc(NS(C)(=O)=O)n3)CC2)c(N2CCCC2)c1.Cc1ccc(CN(C2CCNCC2)C2CC2)c(N2CCCC2)c1. The van der Waals surface area contributed by atoms with Crippen molar-refractivity contribution in [3.63, 3.8) is 0 Å². The molecule has 1 amide bonds. The van der Waals surface area contributed by atoms with Crippen LogP contribution in [0.3, 0.4) is 0 Å². The second-order valence-electron chi connectivity index (χ2n) is 22.1. The number of nitrogens with zero attached hydrogens (tertiary/aromatic N) is 10. The van der Waals surface area contributed by atoms with Crippen molar-refractivity contribution in [2.45, 2.75) is 128 Å². The predicted octanol–water partition coefficient (Wildman–Crippen LogP) is 7.78. The molecule has 11 rings (SSSR count). The minimum atomic E-state index is -3.50. The fraction of sp³-hybridized carbons (Fsp3) is 0.536. The van der Waals surface area contributed by atoms with Crippen molar-refractivity contribution >= 4 is 60.9 Å². The van der Waals surface area contributed by atoms with Crippen molar-refractivity contribution in [2.24, 2.45) is 0 Å². The summed E-state index contributed by atoms with van der Waals surface area (Å²) in [7, 11) is -6.93. The highest BCUT2D eigenvalue weighted by Crippen LogP contribution is 2.37. The molecule has 5 aromatic rings. The number of aromatic nitrogens is 4. The van der Waals surface area contributed by atoms with E-state index in [1.54, 1.807) is 5.56 Å². The first-order valence-electron chi connectivity index (χ1n) is 28.1. The van der Waals surface area contributed by atoms with Crippen LogP contribution in [0.4, 0.5) is 38.3 Å². The van der Waals surface area contributed by atoms with Gasteiger partial charge < -0.3 is 24.8 Å². The molecule has 4 aliphatic heterocycles. The lowest BCUT2D eigenvalue weighted by molar-refractivity contribution is -0.384. The molecule has 0 bridgehead atoms. The third-order valence-corrected chi connectivity index (χ3v) is 16.6. The van der Waals surface area contributed by atoms with Gasteiger partial charge in [-0.2, -0.15) is 9.36 Å². The van der Waals surface area contributed by atoms with Gasteiger partial charge in [0, 0.05) is 125 Å². The molecule has 2 aliphatic carbocycles. The molecule has 6 heterocycles. The number of ether oxygens (including phenoxy) is 1. The quantitative estimate of drug-likeness (QED) is 0.0631. The number of amides is 1. The van der Waals surface area contributed by atoms with E-state index in [1.165, 1.54) is 172 Å². The summed E-state index contributed by atoms with van der Waals surface area (Å²) in [5.41, 5.74) is 8.47. The summed E-state index contributed by atoms with van der Waals surface area (Å²) in [6, 6.07) is 24.2. The van der Waals surface area contributed by atoms with Crippen LogP contribution in [-0.4, -0.2) is 157 Å². The van der Waals surface area contributed by atoms with Crippen molar-refractivity contribution in [2.75, 3.05) is 84.1 Å². The standard InChI is InChI=1S/C25H36N6O3S.C20H31N3.C11H10N4O6S/c1-19-5-6-20(23(17-19)28-12-3-4-13-28)18-30(21-7-8-21)22-9-14-29(15-10-22)25(32)31-16-11-24(26-31)27-35(2,33)34;1-16-4-5-17(20(14-16)22-12-2-3-13-22)15-23(18-6-7-18)19-8-10-21-11-9-19;1-22(19,20)13-10-6-7-14(12-10)11(16)21-9-4-2-8(3-5-9)15(17)18/h5-6,11,16-17,21-22H,3-4,7-10,12-15,18H2,1-2H3,(H,26,27);4-5,14,18-19,21H,2-3,6-13,15H2,1H3;2-7H,1H3,(H,12,13). The predicted molar refractivity (Wildman–Crippen MR) is 310 cm³/mol. The minimum Gasteiger partial charge on any atom is -0.409 e. The van der Waals surface area contributed by atoms with Crippen molar-refractivity contribution in [1.29, 1.82) is 0 Å². The van der Waals surface area contributed by atoms with Crippen molar-refractivity contribution in [3.05, 3.63) is 118 Å². The molecule has 0 atom stereocenters. The van der Waals surface area contributed by atoms with Crippen molar-refractivity contribution in [3.8, 4) is 5.75 Å². The third kappa shape index (κ3) is 16.3. The van der Waals surface area contributed by atoms with Crippen LogP contribution in [0.1, 0.15) is 99.3 Å². The summed E-state index contributed by atoms with van der Waals surface area (Å²) in [6.07, 6.45) is 18.9. The first kappa shape index (κ1) is 58.1. The number of aryl methyl sites for hydroxylation is 2. The van der Waals surface area contributed by atoms with Crippen LogP contribution in [0.5, 0.6) is 5.75 Å². The first-order valence-corrected chi connectivity index (χ1v) is 31.8. The summed E-state index contributed by atoms with van der Waals surface area (Å²) in [5, 5.41) is 21.8. The number of hydrogen-bond donors (Lipinski definition) is 3. The van der Waals surface area contributed by atoms with Gasteiger partial charge in [0.05, 0.1) is 17.4 Å². The Kier molecular flexibility index (Phi) is 18.8. The lowest BCUT2D eigenvalue weighted by atomic mass is 10.0. The second kappa shape index (κ2) is 25.9. The van der Waals surface area contributed by atoms with Gasteiger partial charge in [0.15, 0.2) is 11.6 Å². The molecule has 0 unspecified atom stereocenters. The molecule has 6 fully saturated rings. The van der Waals surface area contributed by atoms with Gasteiger partial charge in [0.25, 0.3) is 5.69 Å². The van der Waals surface area contributed by atoms with Gasteiger partial charge in [-0.3, -0.25) is 29.4 Å². The average molecular weight is 1140 g/mol.